The molecule has 0 atom stereocenters. The van der Waals surface area contributed by atoms with Crippen LogP contribution < -0.4 is 5.32 Å². The van der Waals surface area contributed by atoms with E-state index in [9.17, 15) is 9.59 Å². The summed E-state index contributed by atoms with van der Waals surface area (Å²) in [5.74, 6) is 0.0833. The summed E-state index contributed by atoms with van der Waals surface area (Å²) in [6.07, 6.45) is 0. The van der Waals surface area contributed by atoms with Crippen LogP contribution in [0.4, 0.5) is 5.13 Å². The summed E-state index contributed by atoms with van der Waals surface area (Å²) in [6.45, 7) is 0. The van der Waals surface area contributed by atoms with Crippen molar-refractivity contribution < 1.29 is 9.59 Å². The van der Waals surface area contributed by atoms with Gasteiger partial charge >= 0.3 is 0 Å². The van der Waals surface area contributed by atoms with Gasteiger partial charge in [-0.25, -0.2) is 0 Å². The van der Waals surface area contributed by atoms with Crippen LogP contribution in [0, 0.1) is 0 Å². The fraction of sp³-hybridized carbons (Fsp3) is 0.0588. The smallest absolute Gasteiger partial charge is 0.257 e. The lowest BCUT2D eigenvalue weighted by atomic mass is 10.2. The molecule has 5 nitrogen and oxygen atoms in total. The number of amides is 1. The zero-order chi connectivity index (χ0) is 16.8. The molecule has 1 N–H and O–H groups in total. The van der Waals surface area contributed by atoms with Crippen molar-refractivity contribution in [1.29, 1.82) is 0 Å². The van der Waals surface area contributed by atoms with E-state index in [0.29, 0.717) is 20.6 Å². The van der Waals surface area contributed by atoms with E-state index in [1.54, 1.807) is 36.4 Å². The van der Waals surface area contributed by atoms with E-state index in [1.165, 1.54) is 23.1 Å². The summed E-state index contributed by atoms with van der Waals surface area (Å²) in [5.41, 5.74) is 1.23. The van der Waals surface area contributed by atoms with Crippen LogP contribution in [0.15, 0.2) is 65.0 Å². The van der Waals surface area contributed by atoms with Gasteiger partial charge in [0.25, 0.3) is 5.91 Å². The standard InChI is InChI=1S/C17H13N3O2S2/c21-14(12-7-3-1-4-8-12)11-23-17-20-19-16(24-17)18-15(22)13-9-5-2-6-10-13/h1-10H,11H2,(H,18,19,22). The van der Waals surface area contributed by atoms with Gasteiger partial charge in [0, 0.05) is 11.1 Å². The summed E-state index contributed by atoms with van der Waals surface area (Å²) in [7, 11) is 0. The van der Waals surface area contributed by atoms with E-state index >= 15 is 0 Å². The van der Waals surface area contributed by atoms with E-state index in [2.05, 4.69) is 15.5 Å². The first-order valence-corrected chi connectivity index (χ1v) is 8.93. The third kappa shape index (κ3) is 4.27. The van der Waals surface area contributed by atoms with E-state index in [0.717, 1.165) is 0 Å². The van der Waals surface area contributed by atoms with Gasteiger partial charge in [-0.3, -0.25) is 14.9 Å². The Morgan fingerprint density at radius 1 is 0.917 bits per heavy atom. The molecule has 0 unspecified atom stereocenters. The molecule has 0 aliphatic carbocycles. The lowest BCUT2D eigenvalue weighted by molar-refractivity contribution is 0.101. The Balaban J connectivity index is 1.56. The minimum atomic E-state index is -0.233. The Labute approximate surface area is 147 Å². The molecule has 0 spiro atoms. The number of carbonyl (C=O) groups is 2. The highest BCUT2D eigenvalue weighted by atomic mass is 32.2. The molecule has 0 fully saturated rings. The Bertz CT molecular complexity index is 835. The zero-order valence-electron chi connectivity index (χ0n) is 12.5. The van der Waals surface area contributed by atoms with E-state index < -0.39 is 0 Å². The van der Waals surface area contributed by atoms with Gasteiger partial charge in [0.1, 0.15) is 0 Å². The van der Waals surface area contributed by atoms with Crippen molar-refractivity contribution >= 4 is 39.9 Å². The van der Waals surface area contributed by atoms with Gasteiger partial charge in [-0.2, -0.15) is 0 Å². The highest BCUT2D eigenvalue weighted by Gasteiger charge is 2.12. The highest BCUT2D eigenvalue weighted by molar-refractivity contribution is 8.01. The minimum Gasteiger partial charge on any atom is -0.296 e. The number of benzene rings is 2. The number of nitrogens with zero attached hydrogens (tertiary/aromatic N) is 2. The third-order valence-electron chi connectivity index (χ3n) is 3.09. The Morgan fingerprint density at radius 2 is 1.54 bits per heavy atom. The van der Waals surface area contributed by atoms with Gasteiger partial charge in [-0.05, 0) is 12.1 Å². The van der Waals surface area contributed by atoms with Crippen molar-refractivity contribution in [1.82, 2.24) is 10.2 Å². The SMILES string of the molecule is O=C(CSc1nnc(NC(=O)c2ccccc2)s1)c1ccccc1. The summed E-state index contributed by atoms with van der Waals surface area (Å²) in [6, 6.07) is 18.0. The minimum absolute atomic E-state index is 0.0330. The molecule has 2 aromatic carbocycles. The molecule has 0 bridgehead atoms. The van der Waals surface area contributed by atoms with Crippen LogP contribution in [0.2, 0.25) is 0 Å². The van der Waals surface area contributed by atoms with Gasteiger partial charge in [0.2, 0.25) is 5.13 Å². The van der Waals surface area contributed by atoms with Gasteiger partial charge in [0.15, 0.2) is 10.1 Å². The Kier molecular flexibility index (Phi) is 5.35. The molecule has 1 aromatic heterocycles. The molecule has 3 aromatic rings. The van der Waals surface area contributed by atoms with Crippen molar-refractivity contribution in [2.75, 3.05) is 11.1 Å². The molecule has 24 heavy (non-hydrogen) atoms. The monoisotopic (exact) mass is 355 g/mol. The maximum absolute atomic E-state index is 12.1. The van der Waals surface area contributed by atoms with Gasteiger partial charge in [0.05, 0.1) is 5.75 Å². The fourth-order valence-electron chi connectivity index (χ4n) is 1.91. The highest BCUT2D eigenvalue weighted by Crippen LogP contribution is 2.26. The van der Waals surface area contributed by atoms with Crippen molar-refractivity contribution in [3.8, 4) is 0 Å². The number of hydrogen-bond donors (Lipinski definition) is 1. The first kappa shape index (κ1) is 16.4. The number of anilines is 1. The second-order valence-electron chi connectivity index (χ2n) is 4.77. The molecule has 120 valence electrons. The lowest BCUT2D eigenvalue weighted by Crippen LogP contribution is -2.11. The number of rotatable bonds is 6. The average Bonchev–Trinajstić information content (AvgIpc) is 3.08. The second-order valence-corrected chi connectivity index (χ2v) is 6.97. The predicted octanol–water partition coefficient (Wildman–Crippen LogP) is 3.77. The molecule has 0 aliphatic heterocycles. The fourth-order valence-corrected chi connectivity index (χ4v) is 3.55. The van der Waals surface area contributed by atoms with Crippen molar-refractivity contribution in [3.63, 3.8) is 0 Å². The van der Waals surface area contributed by atoms with Crippen molar-refractivity contribution in [2.24, 2.45) is 0 Å². The topological polar surface area (TPSA) is 72.0 Å². The number of carbonyl (C=O) groups excluding carboxylic acids is 2. The van der Waals surface area contributed by atoms with Crippen LogP contribution in [0.5, 0.6) is 0 Å². The number of ketones is 1. The number of thioether (sulfide) groups is 1. The third-order valence-corrected chi connectivity index (χ3v) is 5.06. The molecular formula is C17H13N3O2S2. The first-order valence-electron chi connectivity index (χ1n) is 7.13. The van der Waals surface area contributed by atoms with Crippen LogP contribution in [0.1, 0.15) is 20.7 Å². The average molecular weight is 355 g/mol. The van der Waals surface area contributed by atoms with E-state index in [1.807, 2.05) is 24.3 Å². The number of Topliss-reactive ketones (excluding diaryl/α,β-unsaturated/α-hetero) is 1. The van der Waals surface area contributed by atoms with Crippen LogP contribution >= 0.6 is 23.1 Å². The molecule has 0 saturated heterocycles. The maximum Gasteiger partial charge on any atom is 0.257 e. The normalized spacial score (nSPS) is 10.3. The molecule has 0 aliphatic rings. The van der Waals surface area contributed by atoms with Crippen LogP contribution in [-0.2, 0) is 0 Å². The van der Waals surface area contributed by atoms with Crippen LogP contribution in [0.3, 0.4) is 0 Å². The number of aromatic nitrogens is 2. The summed E-state index contributed by atoms with van der Waals surface area (Å²) in [5, 5.41) is 11.1. The number of hydrogen-bond acceptors (Lipinski definition) is 6. The largest absolute Gasteiger partial charge is 0.296 e. The Morgan fingerprint density at radius 3 is 2.21 bits per heavy atom. The number of nitrogens with one attached hydrogen (secondary N) is 1. The van der Waals surface area contributed by atoms with Crippen LogP contribution in [0.25, 0.3) is 0 Å². The van der Waals surface area contributed by atoms with Gasteiger partial charge in [-0.15, -0.1) is 10.2 Å². The quantitative estimate of drug-likeness (QED) is 0.414. The second kappa shape index (κ2) is 7.85. The van der Waals surface area contributed by atoms with Gasteiger partial charge < -0.3 is 0 Å². The summed E-state index contributed by atoms with van der Waals surface area (Å²) in [4.78, 5) is 24.1. The predicted molar refractivity (Wildman–Crippen MR) is 95.8 cm³/mol. The molecule has 7 heteroatoms. The first-order chi connectivity index (χ1) is 11.7. The zero-order valence-corrected chi connectivity index (χ0v) is 14.1. The molecule has 3 rings (SSSR count). The molecular weight excluding hydrogens is 342 g/mol. The summed E-state index contributed by atoms with van der Waals surface area (Å²) >= 11 is 2.56. The van der Waals surface area contributed by atoms with Crippen molar-refractivity contribution in [3.05, 3.63) is 71.8 Å². The van der Waals surface area contributed by atoms with E-state index in [4.69, 9.17) is 0 Å². The maximum atomic E-state index is 12.1. The molecule has 1 heterocycles. The molecule has 0 saturated carbocycles. The van der Waals surface area contributed by atoms with E-state index in [-0.39, 0.29) is 17.4 Å². The Hall–Kier alpha value is -2.51. The van der Waals surface area contributed by atoms with Crippen molar-refractivity contribution in [2.45, 2.75) is 4.34 Å². The van der Waals surface area contributed by atoms with Gasteiger partial charge in [-0.1, -0.05) is 71.6 Å². The lowest BCUT2D eigenvalue weighted by Gasteiger charge is -2.00. The van der Waals surface area contributed by atoms with Crippen LogP contribution in [-0.4, -0.2) is 27.6 Å². The summed E-state index contributed by atoms with van der Waals surface area (Å²) < 4.78 is 0.641. The molecule has 0 radical (unpaired) electrons. The molecule has 1 amide bonds.